The molecule has 0 unspecified atom stereocenters. The molecule has 0 spiro atoms. The molecule has 0 saturated heterocycles. The molecular weight excluding hydrogens is 330 g/mol. The molecule has 130 valence electrons. The van der Waals surface area contributed by atoms with Gasteiger partial charge in [-0.15, -0.1) is 0 Å². The van der Waals surface area contributed by atoms with E-state index in [-0.39, 0.29) is 17.2 Å². The van der Waals surface area contributed by atoms with Crippen LogP contribution in [0.5, 0.6) is 5.75 Å². The third kappa shape index (κ3) is 2.61. The molecular formula is C20H17N3O3. The number of aromatic hydroxyl groups is 1. The van der Waals surface area contributed by atoms with Gasteiger partial charge in [0.15, 0.2) is 0 Å². The Labute approximate surface area is 149 Å². The maximum Gasteiger partial charge on any atom is 0.257 e. The Morgan fingerprint density at radius 2 is 2.00 bits per heavy atom. The lowest BCUT2D eigenvalue weighted by Crippen LogP contribution is -2.22. The zero-order valence-corrected chi connectivity index (χ0v) is 14.4. The average Bonchev–Trinajstić information content (AvgIpc) is 3.29. The van der Waals surface area contributed by atoms with Crippen molar-refractivity contribution in [3.63, 3.8) is 0 Å². The van der Waals surface area contributed by atoms with Gasteiger partial charge in [-0.25, -0.2) is 4.98 Å². The number of rotatable bonds is 3. The van der Waals surface area contributed by atoms with Gasteiger partial charge in [-0.1, -0.05) is 0 Å². The predicted octanol–water partition coefficient (Wildman–Crippen LogP) is 3.69. The molecule has 2 aromatic heterocycles. The highest BCUT2D eigenvalue weighted by molar-refractivity contribution is 5.97. The number of carbonyl (C=O) groups is 1. The van der Waals surface area contributed by atoms with Crippen LogP contribution in [-0.4, -0.2) is 39.6 Å². The van der Waals surface area contributed by atoms with E-state index >= 15 is 0 Å². The smallest absolute Gasteiger partial charge is 0.257 e. The van der Waals surface area contributed by atoms with Gasteiger partial charge < -0.3 is 14.4 Å². The molecule has 0 atom stereocenters. The lowest BCUT2D eigenvalue weighted by molar-refractivity contribution is 0.0824. The Hall–Kier alpha value is -3.54. The van der Waals surface area contributed by atoms with Gasteiger partial charge in [0.05, 0.1) is 11.8 Å². The van der Waals surface area contributed by atoms with E-state index < -0.39 is 0 Å². The van der Waals surface area contributed by atoms with E-state index in [2.05, 4.69) is 4.98 Å². The van der Waals surface area contributed by atoms with Gasteiger partial charge in [0.2, 0.25) is 0 Å². The number of amides is 1. The van der Waals surface area contributed by atoms with Gasteiger partial charge >= 0.3 is 0 Å². The predicted molar refractivity (Wildman–Crippen MR) is 98.5 cm³/mol. The highest BCUT2D eigenvalue weighted by Crippen LogP contribution is 2.28. The van der Waals surface area contributed by atoms with Crippen LogP contribution in [0.25, 0.3) is 28.0 Å². The molecule has 0 aliphatic rings. The number of aromatic nitrogens is 2. The summed E-state index contributed by atoms with van der Waals surface area (Å²) < 4.78 is 7.27. The fourth-order valence-corrected chi connectivity index (χ4v) is 2.92. The molecule has 6 heteroatoms. The van der Waals surface area contributed by atoms with Crippen LogP contribution in [-0.2, 0) is 0 Å². The molecule has 2 heterocycles. The van der Waals surface area contributed by atoms with Crippen LogP contribution in [0.1, 0.15) is 10.4 Å². The molecule has 0 aliphatic carbocycles. The first-order valence-electron chi connectivity index (χ1n) is 8.10. The summed E-state index contributed by atoms with van der Waals surface area (Å²) in [5.74, 6) is 0.432. The average molecular weight is 347 g/mol. The first-order valence-corrected chi connectivity index (χ1v) is 8.10. The second-order valence-electron chi connectivity index (χ2n) is 6.20. The maximum atomic E-state index is 12.3. The summed E-state index contributed by atoms with van der Waals surface area (Å²) in [5, 5.41) is 11.0. The Bertz CT molecular complexity index is 1110. The SMILES string of the molecule is CN(C)C(=O)c1cc(-n2ccnc2-c2ccc3occc3c2)ccc1O. The number of hydrogen-bond acceptors (Lipinski definition) is 4. The number of hydrogen-bond donors (Lipinski definition) is 1. The van der Waals surface area contributed by atoms with Crippen LogP contribution in [0.3, 0.4) is 0 Å². The highest BCUT2D eigenvalue weighted by Gasteiger charge is 2.16. The zero-order valence-electron chi connectivity index (χ0n) is 14.4. The van der Waals surface area contributed by atoms with Crippen LogP contribution in [0, 0.1) is 0 Å². The largest absolute Gasteiger partial charge is 0.507 e. The summed E-state index contributed by atoms with van der Waals surface area (Å²) in [4.78, 5) is 18.2. The number of phenols is 1. The zero-order chi connectivity index (χ0) is 18.3. The van der Waals surface area contributed by atoms with Gasteiger partial charge in [-0.2, -0.15) is 0 Å². The number of fused-ring (bicyclic) bond motifs is 1. The first kappa shape index (κ1) is 16.0. The van der Waals surface area contributed by atoms with Crippen molar-refractivity contribution in [2.24, 2.45) is 0 Å². The van der Waals surface area contributed by atoms with Gasteiger partial charge in [-0.3, -0.25) is 9.36 Å². The monoisotopic (exact) mass is 347 g/mol. The minimum Gasteiger partial charge on any atom is -0.507 e. The van der Waals surface area contributed by atoms with E-state index in [1.54, 1.807) is 38.7 Å². The molecule has 0 bridgehead atoms. The van der Waals surface area contributed by atoms with Crippen LogP contribution >= 0.6 is 0 Å². The molecule has 1 N–H and O–H groups in total. The van der Waals surface area contributed by atoms with Crippen molar-refractivity contribution < 1.29 is 14.3 Å². The Morgan fingerprint density at radius 1 is 1.15 bits per heavy atom. The lowest BCUT2D eigenvalue weighted by atomic mass is 10.1. The normalized spacial score (nSPS) is 11.0. The Morgan fingerprint density at radius 3 is 2.81 bits per heavy atom. The molecule has 4 aromatic rings. The summed E-state index contributed by atoms with van der Waals surface area (Å²) in [6, 6.07) is 12.7. The van der Waals surface area contributed by atoms with Crippen LogP contribution in [0.2, 0.25) is 0 Å². The summed E-state index contributed by atoms with van der Waals surface area (Å²) in [7, 11) is 3.30. The van der Waals surface area contributed by atoms with Crippen molar-refractivity contribution in [3.8, 4) is 22.8 Å². The Balaban J connectivity index is 1.82. The summed E-state index contributed by atoms with van der Waals surface area (Å²) in [6.07, 6.45) is 5.18. The van der Waals surface area contributed by atoms with Crippen LogP contribution in [0.4, 0.5) is 0 Å². The van der Waals surface area contributed by atoms with Crippen molar-refractivity contribution in [2.75, 3.05) is 14.1 Å². The third-order valence-electron chi connectivity index (χ3n) is 4.25. The molecule has 0 fully saturated rings. The maximum absolute atomic E-state index is 12.3. The minimum atomic E-state index is -0.258. The van der Waals surface area contributed by atoms with Crippen molar-refractivity contribution in [1.82, 2.24) is 14.5 Å². The topological polar surface area (TPSA) is 71.5 Å². The molecule has 1 amide bonds. The van der Waals surface area contributed by atoms with Crippen molar-refractivity contribution in [1.29, 1.82) is 0 Å². The van der Waals surface area contributed by atoms with Crippen molar-refractivity contribution >= 4 is 16.9 Å². The molecule has 6 nitrogen and oxygen atoms in total. The number of benzene rings is 2. The lowest BCUT2D eigenvalue weighted by Gasteiger charge is -2.14. The second kappa shape index (κ2) is 6.07. The van der Waals surface area contributed by atoms with Gasteiger partial charge in [0, 0.05) is 43.1 Å². The van der Waals surface area contributed by atoms with Gasteiger partial charge in [0.25, 0.3) is 5.91 Å². The van der Waals surface area contributed by atoms with Crippen molar-refractivity contribution in [3.05, 3.63) is 66.7 Å². The summed E-state index contributed by atoms with van der Waals surface area (Å²) in [6.45, 7) is 0. The second-order valence-corrected chi connectivity index (χ2v) is 6.20. The number of imidazole rings is 1. The summed E-state index contributed by atoms with van der Waals surface area (Å²) >= 11 is 0. The third-order valence-corrected chi connectivity index (χ3v) is 4.25. The molecule has 2 aromatic carbocycles. The number of nitrogens with zero attached hydrogens (tertiary/aromatic N) is 3. The van der Waals surface area contributed by atoms with E-state index in [9.17, 15) is 9.90 Å². The molecule has 0 aliphatic heterocycles. The van der Waals surface area contributed by atoms with Gasteiger partial charge in [-0.05, 0) is 42.5 Å². The van der Waals surface area contributed by atoms with Crippen LogP contribution in [0.15, 0.2) is 65.5 Å². The molecule has 0 saturated carbocycles. The van der Waals surface area contributed by atoms with Crippen molar-refractivity contribution in [2.45, 2.75) is 0 Å². The number of carbonyl (C=O) groups excluding carboxylic acids is 1. The van der Waals surface area contributed by atoms with E-state index in [0.29, 0.717) is 0 Å². The molecule has 26 heavy (non-hydrogen) atoms. The van der Waals surface area contributed by atoms with E-state index in [1.807, 2.05) is 35.0 Å². The first-order chi connectivity index (χ1) is 12.5. The number of furan rings is 1. The highest BCUT2D eigenvalue weighted by atomic mass is 16.3. The Kier molecular flexibility index (Phi) is 3.73. The molecule has 0 radical (unpaired) electrons. The fourth-order valence-electron chi connectivity index (χ4n) is 2.92. The fraction of sp³-hybridized carbons (Fsp3) is 0.100. The van der Waals surface area contributed by atoms with E-state index in [4.69, 9.17) is 4.42 Å². The van der Waals surface area contributed by atoms with Crippen LogP contribution < -0.4 is 0 Å². The standard InChI is InChI=1S/C20H17N3O3/c1-22(2)20(25)16-12-15(4-5-17(16)24)23-9-8-21-19(23)14-3-6-18-13(11-14)7-10-26-18/h3-12,24H,1-2H3. The summed E-state index contributed by atoms with van der Waals surface area (Å²) in [5.41, 5.74) is 2.73. The number of phenolic OH excluding ortho intramolecular Hbond substituents is 1. The molecule has 4 rings (SSSR count). The minimum absolute atomic E-state index is 0.0473. The van der Waals surface area contributed by atoms with Gasteiger partial charge in [0.1, 0.15) is 17.2 Å². The quantitative estimate of drug-likeness (QED) is 0.613. The van der Waals surface area contributed by atoms with E-state index in [0.717, 1.165) is 28.0 Å². The van der Waals surface area contributed by atoms with E-state index in [1.165, 1.54) is 11.0 Å².